The Morgan fingerprint density at radius 1 is 1.56 bits per heavy atom. The van der Waals surface area contributed by atoms with Crippen LogP contribution in [0.15, 0.2) is 0 Å². The van der Waals surface area contributed by atoms with E-state index in [1.807, 2.05) is 19.9 Å². The number of nitrogens with zero attached hydrogens (tertiary/aromatic N) is 3. The van der Waals surface area contributed by atoms with Crippen LogP contribution in [0.4, 0.5) is 4.79 Å². The second-order valence-electron chi connectivity index (χ2n) is 4.75. The minimum atomic E-state index is -0.849. The number of rotatable bonds is 4. The third-order valence-electron chi connectivity index (χ3n) is 3.14. The minimum absolute atomic E-state index is 0.00901. The fraction of sp³-hybridized carbons (Fsp3) is 0.750. The van der Waals surface area contributed by atoms with Crippen LogP contribution in [-0.2, 0) is 4.79 Å². The summed E-state index contributed by atoms with van der Waals surface area (Å²) in [5, 5.41) is 17.5. The zero-order valence-corrected chi connectivity index (χ0v) is 10.8. The van der Waals surface area contributed by atoms with Gasteiger partial charge >= 0.3 is 12.0 Å². The predicted molar refractivity (Wildman–Crippen MR) is 64.8 cm³/mol. The van der Waals surface area contributed by atoms with Crippen LogP contribution in [0.25, 0.3) is 0 Å². The number of amides is 2. The molecule has 1 aliphatic rings. The molecule has 18 heavy (non-hydrogen) atoms. The van der Waals surface area contributed by atoms with Crippen molar-refractivity contribution in [2.75, 3.05) is 19.6 Å². The number of aliphatic carboxylic acids is 1. The highest BCUT2D eigenvalue weighted by molar-refractivity contribution is 5.77. The maximum absolute atomic E-state index is 12.2. The number of urea groups is 1. The topological polar surface area (TPSA) is 84.6 Å². The molecule has 100 valence electrons. The molecule has 1 rings (SSSR count). The lowest BCUT2D eigenvalue weighted by molar-refractivity contribution is -0.141. The van der Waals surface area contributed by atoms with E-state index in [0.717, 1.165) is 0 Å². The Balaban J connectivity index is 2.62. The number of nitriles is 1. The van der Waals surface area contributed by atoms with Crippen LogP contribution < -0.4 is 0 Å². The smallest absolute Gasteiger partial charge is 0.320 e. The van der Waals surface area contributed by atoms with Crippen molar-refractivity contribution in [3.8, 4) is 6.07 Å². The van der Waals surface area contributed by atoms with Crippen LogP contribution in [0.1, 0.15) is 26.7 Å². The van der Waals surface area contributed by atoms with Gasteiger partial charge in [-0.3, -0.25) is 4.79 Å². The van der Waals surface area contributed by atoms with E-state index in [0.29, 0.717) is 25.9 Å². The van der Waals surface area contributed by atoms with Gasteiger partial charge in [-0.2, -0.15) is 5.26 Å². The van der Waals surface area contributed by atoms with Gasteiger partial charge in [0, 0.05) is 25.7 Å². The third-order valence-corrected chi connectivity index (χ3v) is 3.14. The van der Waals surface area contributed by atoms with Crippen LogP contribution in [0, 0.1) is 17.2 Å². The van der Waals surface area contributed by atoms with Crippen molar-refractivity contribution in [3.05, 3.63) is 0 Å². The molecule has 1 heterocycles. The molecule has 1 unspecified atom stereocenters. The molecule has 6 heteroatoms. The lowest BCUT2D eigenvalue weighted by atomic mass is 10.1. The highest BCUT2D eigenvalue weighted by Crippen LogP contribution is 2.18. The summed E-state index contributed by atoms with van der Waals surface area (Å²) in [6.45, 7) is 4.91. The zero-order valence-electron chi connectivity index (χ0n) is 10.8. The molecule has 1 N–H and O–H groups in total. The second kappa shape index (κ2) is 6.24. The summed E-state index contributed by atoms with van der Waals surface area (Å²) in [5.74, 6) is -1.31. The highest BCUT2D eigenvalue weighted by atomic mass is 16.4. The van der Waals surface area contributed by atoms with Gasteiger partial charge < -0.3 is 14.9 Å². The maximum Gasteiger partial charge on any atom is 0.320 e. The Morgan fingerprint density at radius 3 is 2.67 bits per heavy atom. The van der Waals surface area contributed by atoms with Crippen LogP contribution in [0.3, 0.4) is 0 Å². The first-order chi connectivity index (χ1) is 8.47. The van der Waals surface area contributed by atoms with Crippen LogP contribution >= 0.6 is 0 Å². The first kappa shape index (κ1) is 14.3. The molecule has 0 aromatic carbocycles. The Morgan fingerprint density at radius 2 is 2.22 bits per heavy atom. The fourth-order valence-electron chi connectivity index (χ4n) is 2.06. The molecule has 6 nitrogen and oxygen atoms in total. The van der Waals surface area contributed by atoms with Gasteiger partial charge in [-0.15, -0.1) is 0 Å². The van der Waals surface area contributed by atoms with Gasteiger partial charge in [0.05, 0.1) is 18.4 Å². The molecular weight excluding hydrogens is 234 g/mol. The van der Waals surface area contributed by atoms with Gasteiger partial charge in [-0.05, 0) is 20.3 Å². The molecule has 0 radical (unpaired) electrons. The summed E-state index contributed by atoms with van der Waals surface area (Å²) in [7, 11) is 0. The second-order valence-corrected chi connectivity index (χ2v) is 4.75. The molecule has 1 atom stereocenters. The van der Waals surface area contributed by atoms with E-state index in [2.05, 4.69) is 0 Å². The molecular formula is C12H19N3O3. The lowest BCUT2D eigenvalue weighted by Crippen LogP contribution is -2.46. The Hall–Kier alpha value is -1.77. The normalized spacial score (nSPS) is 18.8. The zero-order chi connectivity index (χ0) is 13.7. The minimum Gasteiger partial charge on any atom is -0.481 e. The van der Waals surface area contributed by atoms with Gasteiger partial charge in [0.15, 0.2) is 0 Å². The van der Waals surface area contributed by atoms with Crippen molar-refractivity contribution in [2.45, 2.75) is 32.7 Å². The summed E-state index contributed by atoms with van der Waals surface area (Å²) >= 11 is 0. The van der Waals surface area contributed by atoms with E-state index in [-0.39, 0.29) is 18.6 Å². The van der Waals surface area contributed by atoms with E-state index < -0.39 is 11.9 Å². The SMILES string of the molecule is CC(C)N(CCC#N)C(=O)N1CCC(C(=O)O)C1. The molecule has 0 aliphatic carbocycles. The standard InChI is InChI=1S/C12H19N3O3/c1-9(2)15(6-3-5-13)12(18)14-7-4-10(8-14)11(16)17/h9-10H,3-4,6-8H2,1-2H3,(H,16,17). The summed E-state index contributed by atoms with van der Waals surface area (Å²) in [6.07, 6.45) is 0.797. The molecule has 0 spiro atoms. The first-order valence-electron chi connectivity index (χ1n) is 6.12. The van der Waals surface area contributed by atoms with E-state index in [4.69, 9.17) is 10.4 Å². The highest BCUT2D eigenvalue weighted by Gasteiger charge is 2.33. The van der Waals surface area contributed by atoms with E-state index in [1.165, 1.54) is 0 Å². The van der Waals surface area contributed by atoms with Gasteiger partial charge in [0.1, 0.15) is 0 Å². The molecule has 1 aliphatic heterocycles. The molecule has 2 amide bonds. The fourth-order valence-corrected chi connectivity index (χ4v) is 2.06. The maximum atomic E-state index is 12.2. The van der Waals surface area contributed by atoms with Crippen molar-refractivity contribution in [1.82, 2.24) is 9.80 Å². The molecule has 0 bridgehead atoms. The van der Waals surface area contributed by atoms with Crippen LogP contribution in [0.2, 0.25) is 0 Å². The van der Waals surface area contributed by atoms with Crippen molar-refractivity contribution < 1.29 is 14.7 Å². The monoisotopic (exact) mass is 253 g/mol. The molecule has 1 saturated heterocycles. The number of carbonyl (C=O) groups is 2. The third kappa shape index (κ3) is 3.36. The van der Waals surface area contributed by atoms with Crippen molar-refractivity contribution >= 4 is 12.0 Å². The Bertz CT molecular complexity index is 362. The number of hydrogen-bond donors (Lipinski definition) is 1. The van der Waals surface area contributed by atoms with Crippen molar-refractivity contribution in [1.29, 1.82) is 5.26 Å². The first-order valence-corrected chi connectivity index (χ1v) is 6.12. The van der Waals surface area contributed by atoms with Gasteiger partial charge in [0.2, 0.25) is 0 Å². The quantitative estimate of drug-likeness (QED) is 0.814. The van der Waals surface area contributed by atoms with Crippen LogP contribution in [0.5, 0.6) is 0 Å². The van der Waals surface area contributed by atoms with E-state index in [9.17, 15) is 9.59 Å². The number of carbonyl (C=O) groups excluding carboxylic acids is 1. The van der Waals surface area contributed by atoms with Crippen molar-refractivity contribution in [3.63, 3.8) is 0 Å². The Labute approximate surface area is 107 Å². The number of likely N-dealkylation sites (tertiary alicyclic amines) is 1. The van der Waals surface area contributed by atoms with Gasteiger partial charge in [-0.25, -0.2) is 4.79 Å². The summed E-state index contributed by atoms with van der Waals surface area (Å²) in [5.41, 5.74) is 0. The van der Waals surface area contributed by atoms with Crippen molar-refractivity contribution in [2.24, 2.45) is 5.92 Å². The predicted octanol–water partition coefficient (Wildman–Crippen LogP) is 1.14. The number of carboxylic acid groups (broad SMARTS) is 1. The average molecular weight is 253 g/mol. The summed E-state index contributed by atoms with van der Waals surface area (Å²) in [4.78, 5) is 26.2. The number of hydrogen-bond acceptors (Lipinski definition) is 3. The average Bonchev–Trinajstić information content (AvgIpc) is 2.78. The van der Waals surface area contributed by atoms with Gasteiger partial charge in [0.25, 0.3) is 0 Å². The lowest BCUT2D eigenvalue weighted by Gasteiger charge is -2.30. The van der Waals surface area contributed by atoms with E-state index >= 15 is 0 Å². The van der Waals surface area contributed by atoms with E-state index in [1.54, 1.807) is 9.80 Å². The summed E-state index contributed by atoms with van der Waals surface area (Å²) < 4.78 is 0. The molecule has 1 fully saturated rings. The molecule has 0 saturated carbocycles. The van der Waals surface area contributed by atoms with Crippen LogP contribution in [-0.4, -0.2) is 52.6 Å². The number of carboxylic acids is 1. The molecule has 0 aromatic heterocycles. The molecule has 0 aromatic rings. The summed E-state index contributed by atoms with van der Waals surface area (Å²) in [6, 6.07) is 1.87. The Kier molecular flexibility index (Phi) is 4.95. The largest absolute Gasteiger partial charge is 0.481 e. The van der Waals surface area contributed by atoms with Gasteiger partial charge in [-0.1, -0.05) is 0 Å².